The number of hydrogen-bond acceptors (Lipinski definition) is 2. The highest BCUT2D eigenvalue weighted by Gasteiger charge is 2.14. The van der Waals surface area contributed by atoms with Gasteiger partial charge in [0.15, 0.2) is 0 Å². The highest BCUT2D eigenvalue weighted by molar-refractivity contribution is 6.35. The Morgan fingerprint density at radius 3 is 2.62 bits per heavy atom. The number of hydrogen-bond donors (Lipinski definition) is 2. The monoisotopic (exact) mass is 184 g/mol. The molecule has 1 heterocycles. The van der Waals surface area contributed by atoms with Crippen LogP contribution in [-0.2, 0) is 9.59 Å². The second-order valence-electron chi connectivity index (χ2n) is 3.57. The van der Waals surface area contributed by atoms with Gasteiger partial charge in [0.05, 0.1) is 0 Å². The zero-order valence-electron chi connectivity index (χ0n) is 7.93. The minimum absolute atomic E-state index is 0.467. The summed E-state index contributed by atoms with van der Waals surface area (Å²) in [4.78, 5) is 22.1. The lowest BCUT2D eigenvalue weighted by atomic mass is 10.0. The number of amides is 2. The van der Waals surface area contributed by atoms with E-state index in [1.54, 1.807) is 0 Å². The molecule has 1 aliphatic heterocycles. The molecule has 0 aliphatic carbocycles. The van der Waals surface area contributed by atoms with Crippen LogP contribution in [0.3, 0.4) is 0 Å². The summed E-state index contributed by atoms with van der Waals surface area (Å²) in [6.45, 7) is 3.30. The summed E-state index contributed by atoms with van der Waals surface area (Å²) in [6, 6.07) is 0. The van der Waals surface area contributed by atoms with Crippen LogP contribution in [0.2, 0.25) is 0 Å². The third kappa shape index (κ3) is 3.44. The van der Waals surface area contributed by atoms with Crippen LogP contribution < -0.4 is 10.6 Å². The van der Waals surface area contributed by atoms with E-state index in [9.17, 15) is 9.59 Å². The van der Waals surface area contributed by atoms with E-state index in [0.717, 1.165) is 19.3 Å². The lowest BCUT2D eigenvalue weighted by Gasteiger charge is -2.14. The Morgan fingerprint density at radius 1 is 1.15 bits per heavy atom. The Balaban J connectivity index is 2.44. The Morgan fingerprint density at radius 2 is 1.85 bits per heavy atom. The second-order valence-corrected chi connectivity index (χ2v) is 3.57. The predicted octanol–water partition coefficient (Wildman–Crippen LogP) is 0.0388. The van der Waals surface area contributed by atoms with Gasteiger partial charge in [0, 0.05) is 13.1 Å². The van der Waals surface area contributed by atoms with Gasteiger partial charge in [-0.05, 0) is 18.8 Å². The maximum absolute atomic E-state index is 11.1. The molecule has 1 unspecified atom stereocenters. The zero-order chi connectivity index (χ0) is 9.68. The summed E-state index contributed by atoms with van der Waals surface area (Å²) >= 11 is 0. The van der Waals surface area contributed by atoms with Crippen molar-refractivity contribution in [3.63, 3.8) is 0 Å². The molecule has 1 fully saturated rings. The third-order valence-electron chi connectivity index (χ3n) is 2.23. The SMILES string of the molecule is CC1CCCCNC(=O)C(=O)NC1. The molecule has 0 aromatic heterocycles. The molecule has 2 amide bonds. The van der Waals surface area contributed by atoms with Crippen LogP contribution in [-0.4, -0.2) is 24.9 Å². The standard InChI is InChI=1S/C9H16N2O2/c1-7-4-2-3-5-10-8(12)9(13)11-6-7/h7H,2-6H2,1H3,(H,10,12)(H,11,13). The Kier molecular flexibility index (Phi) is 3.73. The number of carbonyl (C=O) groups excluding carboxylic acids is 2. The van der Waals surface area contributed by atoms with Gasteiger partial charge >= 0.3 is 11.8 Å². The molecule has 1 saturated heterocycles. The Hall–Kier alpha value is -1.06. The molecule has 2 N–H and O–H groups in total. The van der Waals surface area contributed by atoms with E-state index in [1.165, 1.54) is 0 Å². The average Bonchev–Trinajstić information content (AvgIpc) is 2.12. The van der Waals surface area contributed by atoms with Gasteiger partial charge in [-0.2, -0.15) is 0 Å². The molecule has 0 bridgehead atoms. The molecule has 13 heavy (non-hydrogen) atoms. The van der Waals surface area contributed by atoms with Crippen molar-refractivity contribution in [1.29, 1.82) is 0 Å². The highest BCUT2D eigenvalue weighted by Crippen LogP contribution is 2.06. The first-order valence-corrected chi connectivity index (χ1v) is 4.76. The summed E-state index contributed by atoms with van der Waals surface area (Å²) in [5.74, 6) is -0.544. The quantitative estimate of drug-likeness (QED) is 0.522. The highest BCUT2D eigenvalue weighted by atomic mass is 16.2. The first-order valence-electron chi connectivity index (χ1n) is 4.76. The van der Waals surface area contributed by atoms with E-state index in [0.29, 0.717) is 19.0 Å². The van der Waals surface area contributed by atoms with E-state index in [-0.39, 0.29) is 0 Å². The van der Waals surface area contributed by atoms with Crippen LogP contribution in [0.15, 0.2) is 0 Å². The zero-order valence-corrected chi connectivity index (χ0v) is 7.93. The fraction of sp³-hybridized carbons (Fsp3) is 0.778. The fourth-order valence-corrected chi connectivity index (χ4v) is 1.35. The molecule has 0 saturated carbocycles. The molecule has 0 spiro atoms. The molecule has 1 atom stereocenters. The van der Waals surface area contributed by atoms with Crippen molar-refractivity contribution >= 4 is 11.8 Å². The summed E-state index contributed by atoms with van der Waals surface area (Å²) < 4.78 is 0. The van der Waals surface area contributed by atoms with Crippen LogP contribution in [0, 0.1) is 5.92 Å². The van der Waals surface area contributed by atoms with Gasteiger partial charge in [-0.25, -0.2) is 0 Å². The number of carbonyl (C=O) groups is 2. The smallest absolute Gasteiger partial charge is 0.309 e. The normalized spacial score (nSPS) is 26.1. The van der Waals surface area contributed by atoms with E-state index < -0.39 is 11.8 Å². The summed E-state index contributed by atoms with van der Waals surface area (Å²) in [6.07, 6.45) is 3.18. The van der Waals surface area contributed by atoms with Crippen molar-refractivity contribution in [3.8, 4) is 0 Å². The molecule has 4 nitrogen and oxygen atoms in total. The molecule has 1 aliphatic rings. The van der Waals surface area contributed by atoms with Crippen molar-refractivity contribution in [2.75, 3.05) is 13.1 Å². The molecular weight excluding hydrogens is 168 g/mol. The van der Waals surface area contributed by atoms with Crippen molar-refractivity contribution in [1.82, 2.24) is 10.6 Å². The predicted molar refractivity (Wildman–Crippen MR) is 49.0 cm³/mol. The number of rotatable bonds is 0. The van der Waals surface area contributed by atoms with Crippen molar-refractivity contribution in [2.45, 2.75) is 26.2 Å². The van der Waals surface area contributed by atoms with Gasteiger partial charge in [0.2, 0.25) is 0 Å². The van der Waals surface area contributed by atoms with E-state index in [1.807, 2.05) is 0 Å². The minimum Gasteiger partial charge on any atom is -0.348 e. The topological polar surface area (TPSA) is 58.2 Å². The Bertz CT molecular complexity index is 204. The molecule has 0 aromatic carbocycles. The van der Waals surface area contributed by atoms with E-state index in [4.69, 9.17) is 0 Å². The van der Waals surface area contributed by atoms with Gasteiger partial charge in [-0.3, -0.25) is 9.59 Å². The largest absolute Gasteiger partial charge is 0.348 e. The summed E-state index contributed by atoms with van der Waals surface area (Å²) in [7, 11) is 0. The lowest BCUT2D eigenvalue weighted by Crippen LogP contribution is -2.42. The van der Waals surface area contributed by atoms with Crippen molar-refractivity contribution in [2.24, 2.45) is 5.92 Å². The second kappa shape index (κ2) is 4.84. The van der Waals surface area contributed by atoms with Crippen LogP contribution in [0.5, 0.6) is 0 Å². The third-order valence-corrected chi connectivity index (χ3v) is 2.23. The van der Waals surface area contributed by atoms with Gasteiger partial charge in [0.25, 0.3) is 0 Å². The fourth-order valence-electron chi connectivity index (χ4n) is 1.35. The maximum Gasteiger partial charge on any atom is 0.309 e. The van der Waals surface area contributed by atoms with Gasteiger partial charge < -0.3 is 10.6 Å². The first-order chi connectivity index (χ1) is 6.20. The van der Waals surface area contributed by atoms with Crippen LogP contribution in [0.4, 0.5) is 0 Å². The lowest BCUT2D eigenvalue weighted by molar-refractivity contribution is -0.139. The molecule has 0 aromatic rings. The van der Waals surface area contributed by atoms with Gasteiger partial charge in [0.1, 0.15) is 0 Å². The summed E-state index contributed by atoms with van der Waals surface area (Å²) in [5, 5.41) is 5.17. The van der Waals surface area contributed by atoms with Crippen LogP contribution >= 0.6 is 0 Å². The van der Waals surface area contributed by atoms with E-state index >= 15 is 0 Å². The van der Waals surface area contributed by atoms with Gasteiger partial charge in [-0.15, -0.1) is 0 Å². The molecule has 1 rings (SSSR count). The minimum atomic E-state index is -0.506. The number of nitrogens with one attached hydrogen (secondary N) is 2. The summed E-state index contributed by atoms with van der Waals surface area (Å²) in [5.41, 5.74) is 0. The van der Waals surface area contributed by atoms with Crippen LogP contribution in [0.25, 0.3) is 0 Å². The van der Waals surface area contributed by atoms with Crippen molar-refractivity contribution in [3.05, 3.63) is 0 Å². The molecule has 4 heteroatoms. The first kappa shape index (κ1) is 10.0. The Labute approximate surface area is 78.1 Å². The van der Waals surface area contributed by atoms with Crippen molar-refractivity contribution < 1.29 is 9.59 Å². The van der Waals surface area contributed by atoms with E-state index in [2.05, 4.69) is 17.6 Å². The maximum atomic E-state index is 11.1. The van der Waals surface area contributed by atoms with Gasteiger partial charge in [-0.1, -0.05) is 13.3 Å². The van der Waals surface area contributed by atoms with Crippen LogP contribution in [0.1, 0.15) is 26.2 Å². The molecular formula is C9H16N2O2. The average molecular weight is 184 g/mol. The molecule has 74 valence electrons. The molecule has 0 radical (unpaired) electrons.